The van der Waals surface area contributed by atoms with E-state index in [2.05, 4.69) is 173 Å². The van der Waals surface area contributed by atoms with Crippen LogP contribution in [0.5, 0.6) is 0 Å². The van der Waals surface area contributed by atoms with Crippen molar-refractivity contribution in [1.29, 1.82) is 0 Å². The van der Waals surface area contributed by atoms with Gasteiger partial charge in [0.25, 0.3) is 0 Å². The second kappa shape index (κ2) is 9.65. The fourth-order valence-corrected chi connectivity index (χ4v) is 8.26. The van der Waals surface area contributed by atoms with E-state index < -0.39 is 0 Å². The minimum atomic E-state index is -0.0404. The summed E-state index contributed by atoms with van der Waals surface area (Å²) in [7, 11) is 0. The molecule has 7 aromatic carbocycles. The lowest BCUT2D eigenvalue weighted by atomic mass is 9.81. The van der Waals surface area contributed by atoms with Crippen LogP contribution in [0, 0.1) is 0 Å². The summed E-state index contributed by atoms with van der Waals surface area (Å²) in [5, 5.41) is 2.53. The summed E-state index contributed by atoms with van der Waals surface area (Å²) in [6.45, 7) is 9.46. The van der Waals surface area contributed by atoms with Crippen molar-refractivity contribution in [1.82, 2.24) is 0 Å². The lowest BCUT2D eigenvalue weighted by molar-refractivity contribution is 0.660. The molecule has 7 aromatic rings. The zero-order valence-electron chi connectivity index (χ0n) is 26.9. The molecule has 0 spiro atoms. The molecule has 46 heavy (non-hydrogen) atoms. The SMILES string of the molecule is CC1(C)c2ccccc2-c2ccc(-c3cc(-c4ccc5c(c4)C(C)(C)c4ccccc4-5)cc(-c4ccc5ccccc5c4)c3)cc21. The van der Waals surface area contributed by atoms with Gasteiger partial charge in [-0.2, -0.15) is 0 Å². The number of rotatable bonds is 3. The van der Waals surface area contributed by atoms with Gasteiger partial charge in [-0.1, -0.05) is 137 Å². The van der Waals surface area contributed by atoms with Crippen molar-refractivity contribution in [3.63, 3.8) is 0 Å². The van der Waals surface area contributed by atoms with Crippen LogP contribution < -0.4 is 0 Å². The average molecular weight is 589 g/mol. The lowest BCUT2D eigenvalue weighted by Gasteiger charge is -2.22. The van der Waals surface area contributed by atoms with Gasteiger partial charge in [0.1, 0.15) is 0 Å². The quantitative estimate of drug-likeness (QED) is 0.193. The summed E-state index contributed by atoms with van der Waals surface area (Å²) < 4.78 is 0. The van der Waals surface area contributed by atoms with Crippen molar-refractivity contribution in [3.8, 4) is 55.6 Å². The Morgan fingerprint density at radius 2 is 0.674 bits per heavy atom. The highest BCUT2D eigenvalue weighted by molar-refractivity contribution is 5.91. The van der Waals surface area contributed by atoms with Crippen molar-refractivity contribution in [2.45, 2.75) is 38.5 Å². The van der Waals surface area contributed by atoms with E-state index in [1.165, 1.54) is 88.7 Å². The van der Waals surface area contributed by atoms with Gasteiger partial charge < -0.3 is 0 Å². The molecule has 0 N–H and O–H groups in total. The molecule has 2 aliphatic carbocycles. The minimum absolute atomic E-state index is 0.0404. The van der Waals surface area contributed by atoms with E-state index in [-0.39, 0.29) is 10.8 Å². The maximum Gasteiger partial charge on any atom is 0.0159 e. The van der Waals surface area contributed by atoms with Crippen molar-refractivity contribution in [2.75, 3.05) is 0 Å². The van der Waals surface area contributed by atoms with Gasteiger partial charge in [0, 0.05) is 10.8 Å². The Hall–Kier alpha value is -5.20. The third kappa shape index (κ3) is 3.93. The second-order valence-corrected chi connectivity index (χ2v) is 14.2. The van der Waals surface area contributed by atoms with Crippen molar-refractivity contribution in [3.05, 3.63) is 168 Å². The van der Waals surface area contributed by atoms with Gasteiger partial charge in [0.2, 0.25) is 0 Å². The van der Waals surface area contributed by atoms with Gasteiger partial charge in [0.05, 0.1) is 0 Å². The van der Waals surface area contributed by atoms with Crippen LogP contribution in [0.25, 0.3) is 66.4 Å². The van der Waals surface area contributed by atoms with Crippen molar-refractivity contribution >= 4 is 10.8 Å². The van der Waals surface area contributed by atoms with E-state index >= 15 is 0 Å². The van der Waals surface area contributed by atoms with Crippen LogP contribution in [0.15, 0.2) is 146 Å². The Morgan fingerprint density at radius 1 is 0.283 bits per heavy atom. The summed E-state index contributed by atoms with van der Waals surface area (Å²) >= 11 is 0. The third-order valence-corrected chi connectivity index (χ3v) is 10.8. The molecule has 0 amide bonds. The highest BCUT2D eigenvalue weighted by Crippen LogP contribution is 2.51. The standard InChI is InChI=1S/C46H36/c1-45(2)41-15-9-7-13-37(41)39-21-19-32(27-43(39)45)35-24-34(31-18-17-29-11-5-6-12-30(29)23-31)25-36(26-35)33-20-22-40-38-14-8-10-16-42(38)46(3,4)44(40)28-33/h5-28H,1-4H3. The van der Waals surface area contributed by atoms with Gasteiger partial charge in [-0.3, -0.25) is 0 Å². The number of fused-ring (bicyclic) bond motifs is 7. The Morgan fingerprint density at radius 3 is 1.20 bits per heavy atom. The van der Waals surface area contributed by atoms with E-state index in [1.54, 1.807) is 0 Å². The van der Waals surface area contributed by atoms with Gasteiger partial charge in [-0.15, -0.1) is 0 Å². The number of hydrogen-bond donors (Lipinski definition) is 0. The van der Waals surface area contributed by atoms with E-state index in [4.69, 9.17) is 0 Å². The van der Waals surface area contributed by atoms with Crippen LogP contribution >= 0.6 is 0 Å². The molecular weight excluding hydrogens is 553 g/mol. The molecule has 0 aliphatic heterocycles. The van der Waals surface area contributed by atoms with E-state index in [0.717, 1.165) is 0 Å². The topological polar surface area (TPSA) is 0 Å². The number of hydrogen-bond acceptors (Lipinski definition) is 0. The first kappa shape index (κ1) is 27.1. The van der Waals surface area contributed by atoms with Crippen molar-refractivity contribution in [2.24, 2.45) is 0 Å². The first-order valence-corrected chi connectivity index (χ1v) is 16.4. The average Bonchev–Trinajstić information content (AvgIpc) is 3.47. The molecule has 9 rings (SSSR count). The fraction of sp³-hybridized carbons (Fsp3) is 0.130. The monoisotopic (exact) mass is 588 g/mol. The highest BCUT2D eigenvalue weighted by Gasteiger charge is 2.36. The molecule has 0 aromatic heterocycles. The molecule has 0 heteroatoms. The number of benzene rings is 7. The van der Waals surface area contributed by atoms with Gasteiger partial charge in [0.15, 0.2) is 0 Å². The maximum atomic E-state index is 2.45. The Balaban J connectivity index is 1.23. The molecule has 0 nitrogen and oxygen atoms in total. The fourth-order valence-electron chi connectivity index (χ4n) is 8.26. The summed E-state index contributed by atoms with van der Waals surface area (Å²) in [6.07, 6.45) is 0. The van der Waals surface area contributed by atoms with E-state index in [0.29, 0.717) is 0 Å². The van der Waals surface area contributed by atoms with Crippen LogP contribution in [0.4, 0.5) is 0 Å². The Labute approximate surface area is 272 Å². The van der Waals surface area contributed by atoms with Gasteiger partial charge in [-0.05, 0) is 125 Å². The van der Waals surface area contributed by atoms with Crippen LogP contribution in [0.1, 0.15) is 49.9 Å². The summed E-state index contributed by atoms with van der Waals surface area (Å²) in [4.78, 5) is 0. The molecule has 220 valence electrons. The van der Waals surface area contributed by atoms with Crippen LogP contribution in [-0.2, 0) is 10.8 Å². The normalized spacial score (nSPS) is 14.9. The summed E-state index contributed by atoms with van der Waals surface area (Å²) in [5.41, 5.74) is 18.5. The first-order chi connectivity index (χ1) is 22.3. The molecule has 0 radical (unpaired) electrons. The molecule has 0 saturated carbocycles. The van der Waals surface area contributed by atoms with Crippen LogP contribution in [0.2, 0.25) is 0 Å². The Bertz CT molecular complexity index is 2240. The van der Waals surface area contributed by atoms with Crippen molar-refractivity contribution < 1.29 is 0 Å². The molecular formula is C46H36. The Kier molecular flexibility index (Phi) is 5.69. The van der Waals surface area contributed by atoms with Gasteiger partial charge >= 0.3 is 0 Å². The molecule has 0 heterocycles. The van der Waals surface area contributed by atoms with Crippen LogP contribution in [0.3, 0.4) is 0 Å². The van der Waals surface area contributed by atoms with E-state index in [9.17, 15) is 0 Å². The predicted octanol–water partition coefficient (Wildman–Crippen LogP) is 12.5. The molecule has 2 aliphatic rings. The molecule has 0 fully saturated rings. The largest absolute Gasteiger partial charge is 0.0619 e. The third-order valence-electron chi connectivity index (χ3n) is 10.8. The predicted molar refractivity (Wildman–Crippen MR) is 195 cm³/mol. The lowest BCUT2D eigenvalue weighted by Crippen LogP contribution is -2.15. The van der Waals surface area contributed by atoms with E-state index in [1.807, 2.05) is 0 Å². The zero-order chi connectivity index (χ0) is 31.2. The maximum absolute atomic E-state index is 2.45. The van der Waals surface area contributed by atoms with Gasteiger partial charge in [-0.25, -0.2) is 0 Å². The molecule has 0 unspecified atom stereocenters. The minimum Gasteiger partial charge on any atom is -0.0619 e. The molecule has 0 atom stereocenters. The van der Waals surface area contributed by atoms with Crippen LogP contribution in [-0.4, -0.2) is 0 Å². The zero-order valence-corrected chi connectivity index (χ0v) is 26.9. The summed E-state index contributed by atoms with van der Waals surface area (Å²) in [6, 6.07) is 54.7. The second-order valence-electron chi connectivity index (χ2n) is 14.2. The smallest absolute Gasteiger partial charge is 0.0159 e. The molecule has 0 bridgehead atoms. The first-order valence-electron chi connectivity index (χ1n) is 16.4. The summed E-state index contributed by atoms with van der Waals surface area (Å²) in [5.74, 6) is 0. The highest BCUT2D eigenvalue weighted by atomic mass is 14.4. The molecule has 0 saturated heterocycles.